The van der Waals surface area contributed by atoms with Crippen LogP contribution in [0.3, 0.4) is 0 Å². The Morgan fingerprint density at radius 3 is 2.71 bits per heavy atom. The zero-order valence-electron chi connectivity index (χ0n) is 16.1. The van der Waals surface area contributed by atoms with Crippen molar-refractivity contribution < 1.29 is 23.2 Å². The number of hydrogen-bond donors (Lipinski definition) is 2. The Kier molecular flexibility index (Phi) is 4.59. The van der Waals surface area contributed by atoms with Crippen LogP contribution in [0, 0.1) is 0 Å². The molecule has 12 nitrogen and oxygen atoms in total. The number of carbonyl (C=O) groups excluding carboxylic acids is 2. The molecule has 0 saturated carbocycles. The summed E-state index contributed by atoms with van der Waals surface area (Å²) in [6, 6.07) is 1.64. The number of anilines is 2. The van der Waals surface area contributed by atoms with Gasteiger partial charge in [-0.15, -0.1) is 0 Å². The molecule has 0 unspecified atom stereocenters. The van der Waals surface area contributed by atoms with E-state index in [1.807, 2.05) is 0 Å². The Morgan fingerprint density at radius 2 is 1.94 bits per heavy atom. The minimum absolute atomic E-state index is 0.0442. The van der Waals surface area contributed by atoms with Gasteiger partial charge < -0.3 is 24.2 Å². The van der Waals surface area contributed by atoms with Gasteiger partial charge in [0.15, 0.2) is 17.2 Å². The fourth-order valence-electron chi connectivity index (χ4n) is 3.27. The number of hydrogen-bond acceptors (Lipinski definition) is 9. The number of oxazole rings is 1. The average molecular weight is 423 g/mol. The number of nitrogens with two attached hydrogens (primary N) is 1. The summed E-state index contributed by atoms with van der Waals surface area (Å²) in [5, 5.41) is 2.95. The molecular weight excluding hydrogens is 406 g/mol. The Balaban J connectivity index is 1.40. The van der Waals surface area contributed by atoms with Crippen LogP contribution in [0.15, 0.2) is 46.0 Å². The van der Waals surface area contributed by atoms with E-state index in [-0.39, 0.29) is 23.4 Å². The summed E-state index contributed by atoms with van der Waals surface area (Å²) in [6.45, 7) is 2.00. The lowest BCUT2D eigenvalue weighted by Crippen LogP contribution is -2.40. The van der Waals surface area contributed by atoms with Crippen LogP contribution in [0.1, 0.15) is 21.1 Å². The van der Waals surface area contributed by atoms with Crippen LogP contribution in [-0.4, -0.2) is 62.4 Å². The van der Waals surface area contributed by atoms with Crippen molar-refractivity contribution in [2.75, 3.05) is 31.6 Å². The highest BCUT2D eigenvalue weighted by atomic mass is 16.5. The van der Waals surface area contributed by atoms with Gasteiger partial charge in [0.25, 0.3) is 11.8 Å². The molecule has 0 aliphatic carbocycles. The van der Waals surface area contributed by atoms with Gasteiger partial charge in [0.1, 0.15) is 6.26 Å². The quantitative estimate of drug-likeness (QED) is 0.483. The predicted molar refractivity (Wildman–Crippen MR) is 106 cm³/mol. The number of ether oxygens (including phenoxy) is 1. The maximum absolute atomic E-state index is 12.5. The lowest BCUT2D eigenvalue weighted by atomic mass is 10.2. The van der Waals surface area contributed by atoms with Crippen LogP contribution >= 0.6 is 0 Å². The highest BCUT2D eigenvalue weighted by Gasteiger charge is 2.23. The van der Waals surface area contributed by atoms with Crippen LogP contribution in [-0.2, 0) is 4.74 Å². The molecule has 1 saturated heterocycles. The van der Waals surface area contributed by atoms with Crippen LogP contribution in [0.25, 0.3) is 16.9 Å². The maximum atomic E-state index is 12.5. The number of rotatable bonds is 5. The smallest absolute Gasteiger partial charge is 0.301 e. The number of primary amides is 1. The van der Waals surface area contributed by atoms with Gasteiger partial charge in [0.2, 0.25) is 5.76 Å². The van der Waals surface area contributed by atoms with Crippen molar-refractivity contribution in [2.45, 2.75) is 0 Å². The standard InChI is InChI=1S/C19H17N7O5/c20-15(27)13-7-11(10-30-13)12-8-22-16(17-21-1-2-26(12)17)24-19-23-9-14(31-19)18(28)25-3-5-29-6-4-25/h1-2,7-10H,3-6H2,(H2,20,27)(H,22,23,24). The number of carbonyl (C=O) groups is 2. The van der Waals surface area contributed by atoms with E-state index in [4.69, 9.17) is 19.3 Å². The zero-order valence-corrected chi connectivity index (χ0v) is 16.1. The Morgan fingerprint density at radius 1 is 1.10 bits per heavy atom. The number of morpholine rings is 1. The average Bonchev–Trinajstić information content (AvgIpc) is 3.54. The largest absolute Gasteiger partial charge is 0.458 e. The molecule has 2 amide bonds. The first-order chi connectivity index (χ1) is 15.1. The van der Waals surface area contributed by atoms with Gasteiger partial charge in [0, 0.05) is 31.0 Å². The lowest BCUT2D eigenvalue weighted by molar-refractivity contribution is 0.0283. The minimum Gasteiger partial charge on any atom is -0.458 e. The van der Waals surface area contributed by atoms with Crippen LogP contribution < -0.4 is 11.1 Å². The first kappa shape index (κ1) is 18.8. The first-order valence-electron chi connectivity index (χ1n) is 9.41. The van der Waals surface area contributed by atoms with E-state index in [0.29, 0.717) is 49.0 Å². The van der Waals surface area contributed by atoms with Gasteiger partial charge in [-0.25, -0.2) is 15.0 Å². The summed E-state index contributed by atoms with van der Waals surface area (Å²) >= 11 is 0. The third-order valence-electron chi connectivity index (χ3n) is 4.81. The summed E-state index contributed by atoms with van der Waals surface area (Å²) in [4.78, 5) is 38.3. The van der Waals surface area contributed by atoms with Crippen molar-refractivity contribution in [3.8, 4) is 11.3 Å². The Labute approximate surface area is 174 Å². The van der Waals surface area contributed by atoms with E-state index < -0.39 is 5.91 Å². The van der Waals surface area contributed by atoms with E-state index in [0.717, 1.165) is 0 Å². The number of nitrogens with one attached hydrogen (secondary N) is 1. The van der Waals surface area contributed by atoms with Gasteiger partial charge >= 0.3 is 6.01 Å². The van der Waals surface area contributed by atoms with Crippen LogP contribution in [0.5, 0.6) is 0 Å². The molecule has 4 aromatic rings. The maximum Gasteiger partial charge on any atom is 0.301 e. The van der Waals surface area contributed by atoms with Crippen molar-refractivity contribution in [3.05, 3.63) is 48.6 Å². The number of amides is 2. The minimum atomic E-state index is -0.661. The summed E-state index contributed by atoms with van der Waals surface area (Å²) in [6.07, 6.45) is 7.70. The third kappa shape index (κ3) is 3.48. The van der Waals surface area contributed by atoms with E-state index in [9.17, 15) is 9.59 Å². The van der Waals surface area contributed by atoms with Crippen LogP contribution in [0.2, 0.25) is 0 Å². The highest BCUT2D eigenvalue weighted by molar-refractivity contribution is 5.92. The van der Waals surface area contributed by atoms with Crippen molar-refractivity contribution in [1.82, 2.24) is 24.3 Å². The molecule has 0 atom stereocenters. The van der Waals surface area contributed by atoms with Gasteiger partial charge in [-0.3, -0.25) is 19.3 Å². The number of nitrogens with zero attached hydrogens (tertiary/aromatic N) is 5. The van der Waals surface area contributed by atoms with Gasteiger partial charge in [0.05, 0.1) is 31.3 Å². The van der Waals surface area contributed by atoms with E-state index in [2.05, 4.69) is 20.3 Å². The molecule has 0 bridgehead atoms. The van der Waals surface area contributed by atoms with Crippen molar-refractivity contribution in [2.24, 2.45) is 5.73 Å². The number of aromatic nitrogens is 4. The molecule has 1 aliphatic heterocycles. The topological polar surface area (TPSA) is 154 Å². The molecule has 12 heteroatoms. The van der Waals surface area contributed by atoms with Gasteiger partial charge in [-0.2, -0.15) is 0 Å². The second-order valence-electron chi connectivity index (χ2n) is 6.74. The molecule has 5 heterocycles. The number of fused-ring (bicyclic) bond motifs is 1. The molecule has 31 heavy (non-hydrogen) atoms. The third-order valence-corrected chi connectivity index (χ3v) is 4.81. The van der Waals surface area contributed by atoms with Gasteiger partial charge in [-0.05, 0) is 6.07 Å². The molecule has 0 radical (unpaired) electrons. The Bertz CT molecular complexity index is 1270. The normalized spacial score (nSPS) is 14.1. The molecule has 1 fully saturated rings. The first-order valence-corrected chi connectivity index (χ1v) is 9.41. The number of furan rings is 1. The fourth-order valence-corrected chi connectivity index (χ4v) is 3.27. The van der Waals surface area contributed by atoms with Gasteiger partial charge in [-0.1, -0.05) is 0 Å². The lowest BCUT2D eigenvalue weighted by Gasteiger charge is -2.25. The monoisotopic (exact) mass is 423 g/mol. The summed E-state index contributed by atoms with van der Waals surface area (Å²) in [5.74, 6) is -0.367. The second kappa shape index (κ2) is 7.57. The molecule has 5 rings (SSSR count). The predicted octanol–water partition coefficient (Wildman–Crippen LogP) is 1.29. The second-order valence-corrected chi connectivity index (χ2v) is 6.74. The number of imidazole rings is 1. The summed E-state index contributed by atoms with van der Waals surface area (Å²) < 4.78 is 17.8. The molecular formula is C19H17N7O5. The molecule has 0 aromatic carbocycles. The molecule has 4 aromatic heterocycles. The molecule has 3 N–H and O–H groups in total. The van der Waals surface area contributed by atoms with E-state index in [1.54, 1.807) is 27.9 Å². The fraction of sp³-hybridized carbons (Fsp3) is 0.211. The van der Waals surface area contributed by atoms with E-state index >= 15 is 0 Å². The van der Waals surface area contributed by atoms with Crippen LogP contribution in [0.4, 0.5) is 11.8 Å². The van der Waals surface area contributed by atoms with Crippen molar-refractivity contribution in [1.29, 1.82) is 0 Å². The zero-order chi connectivity index (χ0) is 21.4. The highest BCUT2D eigenvalue weighted by Crippen LogP contribution is 2.26. The summed E-state index contributed by atoms with van der Waals surface area (Å²) in [5.41, 5.74) is 6.99. The van der Waals surface area contributed by atoms with Crippen molar-refractivity contribution >= 4 is 29.3 Å². The Hall–Kier alpha value is -4.19. The molecule has 158 valence electrons. The SMILES string of the molecule is NC(=O)c1cc(-c2cnc(Nc3ncc(C(=O)N4CCOCC4)o3)c3nccn23)co1. The molecule has 1 aliphatic rings. The van der Waals surface area contributed by atoms with E-state index in [1.165, 1.54) is 18.5 Å². The summed E-state index contributed by atoms with van der Waals surface area (Å²) in [7, 11) is 0. The van der Waals surface area contributed by atoms with Crippen molar-refractivity contribution in [3.63, 3.8) is 0 Å². The molecule has 0 spiro atoms.